The van der Waals surface area contributed by atoms with Gasteiger partial charge in [-0.1, -0.05) is 12.1 Å². The van der Waals surface area contributed by atoms with E-state index in [9.17, 15) is 35.1 Å². The zero-order valence-corrected chi connectivity index (χ0v) is 20.6. The van der Waals surface area contributed by atoms with Gasteiger partial charge < -0.3 is 54.0 Å². The third-order valence-electron chi connectivity index (χ3n) is 6.65. The van der Waals surface area contributed by atoms with Crippen LogP contribution in [0.1, 0.15) is 25.0 Å². The summed E-state index contributed by atoms with van der Waals surface area (Å²) in [6, 6.07) is 3.89. The van der Waals surface area contributed by atoms with Gasteiger partial charge >= 0.3 is 11.9 Å². The highest BCUT2D eigenvalue weighted by Crippen LogP contribution is 2.37. The topological polar surface area (TPSA) is 191 Å². The second-order valence-electron chi connectivity index (χ2n) is 8.98. The SMILES string of the molecule is CC=C1[C@H]2OC=C(C(=O)OC)[C@H]1CC(=O)OC[C@@H](c1ccc(O)c(O)c1)OC[C@H]1O[C@@H](O2)[C@H](O)[C@@H](O)[C@@H]1O. The van der Waals surface area contributed by atoms with E-state index in [1.165, 1.54) is 25.3 Å². The second kappa shape index (κ2) is 11.7. The maximum absolute atomic E-state index is 12.9. The monoisotopic (exact) mass is 538 g/mol. The summed E-state index contributed by atoms with van der Waals surface area (Å²) in [6.45, 7) is 0.954. The highest BCUT2D eigenvalue weighted by Gasteiger charge is 2.47. The van der Waals surface area contributed by atoms with Crippen LogP contribution < -0.4 is 0 Å². The fourth-order valence-corrected chi connectivity index (χ4v) is 4.50. The Morgan fingerprint density at radius 1 is 1.05 bits per heavy atom. The fraction of sp³-hybridized carbons (Fsp3) is 0.520. The molecule has 1 aromatic rings. The Balaban J connectivity index is 1.70. The number of esters is 2. The number of phenolic OH excluding ortho intramolecular Hbond substituents is 2. The molecule has 0 amide bonds. The number of aliphatic hydroxyl groups excluding tert-OH is 3. The van der Waals surface area contributed by atoms with Crippen LogP contribution in [0.2, 0.25) is 0 Å². The summed E-state index contributed by atoms with van der Waals surface area (Å²) in [7, 11) is 1.18. The van der Waals surface area contributed by atoms with Crippen LogP contribution in [-0.4, -0.2) is 94.8 Å². The number of cyclic esters (lactones) is 1. The summed E-state index contributed by atoms with van der Waals surface area (Å²) < 4.78 is 33.2. The Morgan fingerprint density at radius 3 is 2.50 bits per heavy atom. The molecule has 3 aliphatic rings. The van der Waals surface area contributed by atoms with Gasteiger partial charge in [-0.25, -0.2) is 4.79 Å². The van der Waals surface area contributed by atoms with Gasteiger partial charge in [0.15, 0.2) is 17.8 Å². The number of ether oxygens (including phenoxy) is 6. The summed E-state index contributed by atoms with van der Waals surface area (Å²) in [5.41, 5.74) is 0.694. The number of hydrogen-bond donors (Lipinski definition) is 5. The van der Waals surface area contributed by atoms with E-state index < -0.39 is 66.7 Å². The van der Waals surface area contributed by atoms with Crippen molar-refractivity contribution in [3.63, 3.8) is 0 Å². The summed E-state index contributed by atoms with van der Waals surface area (Å²) in [4.78, 5) is 25.3. The average Bonchev–Trinajstić information content (AvgIpc) is 2.90. The summed E-state index contributed by atoms with van der Waals surface area (Å²) >= 11 is 0. The van der Waals surface area contributed by atoms with Crippen LogP contribution in [0.4, 0.5) is 0 Å². The van der Waals surface area contributed by atoms with Crippen molar-refractivity contribution in [1.29, 1.82) is 0 Å². The van der Waals surface area contributed by atoms with Crippen molar-refractivity contribution in [1.82, 2.24) is 0 Å². The van der Waals surface area contributed by atoms with Crippen LogP contribution >= 0.6 is 0 Å². The van der Waals surface area contributed by atoms with E-state index >= 15 is 0 Å². The van der Waals surface area contributed by atoms with Gasteiger partial charge in [-0.15, -0.1) is 0 Å². The van der Waals surface area contributed by atoms with E-state index in [2.05, 4.69) is 0 Å². The molecular weight excluding hydrogens is 508 g/mol. The molecule has 38 heavy (non-hydrogen) atoms. The van der Waals surface area contributed by atoms with Crippen molar-refractivity contribution >= 4 is 11.9 Å². The molecule has 0 aliphatic carbocycles. The predicted octanol–water partition coefficient (Wildman–Crippen LogP) is -0.0977. The van der Waals surface area contributed by atoms with Crippen LogP contribution in [0.15, 0.2) is 41.7 Å². The first kappa shape index (κ1) is 27.8. The smallest absolute Gasteiger partial charge is 0.337 e. The molecule has 0 aromatic heterocycles. The molecule has 4 bridgehead atoms. The highest BCUT2D eigenvalue weighted by molar-refractivity contribution is 5.90. The van der Waals surface area contributed by atoms with Gasteiger partial charge in [-0.3, -0.25) is 4.79 Å². The number of carbonyl (C=O) groups is 2. The minimum atomic E-state index is -1.67. The lowest BCUT2D eigenvalue weighted by Crippen LogP contribution is -2.60. The largest absolute Gasteiger partial charge is 0.504 e. The van der Waals surface area contributed by atoms with Crippen molar-refractivity contribution in [2.24, 2.45) is 5.92 Å². The van der Waals surface area contributed by atoms with Gasteiger partial charge in [-0.2, -0.15) is 0 Å². The van der Waals surface area contributed by atoms with Crippen LogP contribution in [-0.2, 0) is 38.0 Å². The first-order valence-corrected chi connectivity index (χ1v) is 11.9. The standard InChI is InChI=1S/C25H30O13/c1-3-12-13-7-19(28)35-9-17(11-4-5-15(26)16(27)6-11)34-10-18-20(29)21(30)22(31)25(37-18)38-24(12)36-8-14(13)23(32)33-2/h3-6,8,13,17-18,20-22,24-27,29-31H,7,9-10H2,1-2H3/t13-,17-,18+,20+,21-,22+,24-,25-/m0/s1. The molecule has 5 N–H and O–H groups in total. The van der Waals surface area contributed by atoms with Crippen LogP contribution in [0.25, 0.3) is 0 Å². The van der Waals surface area contributed by atoms with Crippen molar-refractivity contribution in [3.8, 4) is 11.5 Å². The molecule has 13 heteroatoms. The Kier molecular flexibility index (Phi) is 8.55. The molecule has 0 unspecified atom stereocenters. The van der Waals surface area contributed by atoms with Crippen molar-refractivity contribution in [2.45, 2.75) is 56.4 Å². The van der Waals surface area contributed by atoms with E-state index in [0.717, 1.165) is 6.26 Å². The second-order valence-corrected chi connectivity index (χ2v) is 8.98. The molecule has 8 atom stereocenters. The minimum absolute atomic E-state index is 0.0270. The molecule has 3 heterocycles. The zero-order valence-electron chi connectivity index (χ0n) is 20.6. The van der Waals surface area contributed by atoms with Crippen LogP contribution in [0, 0.1) is 5.92 Å². The molecule has 0 spiro atoms. The van der Waals surface area contributed by atoms with E-state index in [0.29, 0.717) is 11.1 Å². The molecule has 4 rings (SSSR count). The molecule has 2 saturated heterocycles. The Morgan fingerprint density at radius 2 is 1.82 bits per heavy atom. The zero-order chi connectivity index (χ0) is 27.6. The third-order valence-corrected chi connectivity index (χ3v) is 6.65. The van der Waals surface area contributed by atoms with E-state index in [4.69, 9.17) is 28.4 Å². The van der Waals surface area contributed by atoms with Crippen molar-refractivity contribution in [3.05, 3.63) is 47.2 Å². The van der Waals surface area contributed by atoms with Crippen LogP contribution in [0.5, 0.6) is 11.5 Å². The van der Waals surface area contributed by atoms with Gasteiger partial charge in [-0.05, 0) is 24.6 Å². The molecule has 0 saturated carbocycles. The average molecular weight is 539 g/mol. The summed E-state index contributed by atoms with van der Waals surface area (Å²) in [6.07, 6.45) is -7.44. The number of rotatable bonds is 2. The number of phenols is 2. The maximum atomic E-state index is 12.9. The molecule has 3 aliphatic heterocycles. The van der Waals surface area contributed by atoms with Gasteiger partial charge in [0, 0.05) is 11.5 Å². The summed E-state index contributed by atoms with van der Waals surface area (Å²) in [5, 5.41) is 51.1. The summed E-state index contributed by atoms with van der Waals surface area (Å²) in [5.74, 6) is -3.13. The number of benzene rings is 1. The quantitative estimate of drug-likeness (QED) is 0.191. The lowest BCUT2D eigenvalue weighted by molar-refractivity contribution is -0.330. The van der Waals surface area contributed by atoms with Crippen molar-refractivity contribution in [2.75, 3.05) is 20.3 Å². The third kappa shape index (κ3) is 5.62. The number of methoxy groups -OCH3 is 1. The molecule has 0 radical (unpaired) electrons. The lowest BCUT2D eigenvalue weighted by Gasteiger charge is -2.42. The van der Waals surface area contributed by atoms with Gasteiger partial charge in [0.05, 0.1) is 32.0 Å². The Hall–Kier alpha value is -3.20. The molecule has 208 valence electrons. The Labute approximate surface area is 217 Å². The fourth-order valence-electron chi connectivity index (χ4n) is 4.50. The predicted molar refractivity (Wildman–Crippen MR) is 124 cm³/mol. The number of fused-ring (bicyclic) bond motifs is 4. The van der Waals surface area contributed by atoms with E-state index in [1.807, 2.05) is 0 Å². The normalized spacial score (nSPS) is 35.3. The maximum Gasteiger partial charge on any atom is 0.337 e. The minimum Gasteiger partial charge on any atom is -0.504 e. The number of aliphatic hydroxyl groups is 3. The number of aromatic hydroxyl groups is 2. The Bertz CT molecular complexity index is 1100. The van der Waals surface area contributed by atoms with E-state index in [-0.39, 0.29) is 31.0 Å². The molecule has 13 nitrogen and oxygen atoms in total. The number of hydrogen-bond acceptors (Lipinski definition) is 13. The molecule has 1 aromatic carbocycles. The van der Waals surface area contributed by atoms with Gasteiger partial charge in [0.1, 0.15) is 37.1 Å². The first-order valence-electron chi connectivity index (χ1n) is 11.9. The van der Waals surface area contributed by atoms with Gasteiger partial charge in [0.25, 0.3) is 0 Å². The van der Waals surface area contributed by atoms with Crippen LogP contribution in [0.3, 0.4) is 0 Å². The molecule has 2 fully saturated rings. The van der Waals surface area contributed by atoms with E-state index in [1.54, 1.807) is 13.0 Å². The van der Waals surface area contributed by atoms with Crippen molar-refractivity contribution < 1.29 is 63.5 Å². The first-order chi connectivity index (χ1) is 18.1. The molecular formula is C25H30O13. The number of allylic oxidation sites excluding steroid dienone is 1. The van der Waals surface area contributed by atoms with Gasteiger partial charge in [0.2, 0.25) is 6.29 Å². The lowest BCUT2D eigenvalue weighted by atomic mass is 9.86. The highest BCUT2D eigenvalue weighted by atomic mass is 16.8. The number of carbonyl (C=O) groups excluding carboxylic acids is 2.